The summed E-state index contributed by atoms with van der Waals surface area (Å²) in [6, 6.07) is 10.6. The summed E-state index contributed by atoms with van der Waals surface area (Å²) >= 11 is 0. The third-order valence-corrected chi connectivity index (χ3v) is 1.64. The minimum absolute atomic E-state index is 0.293. The Balaban J connectivity index is -0.000000249. The highest BCUT2D eigenvalue weighted by atomic mass is 14.2. The Bertz CT molecular complexity index is 274. The topological polar surface area (TPSA) is 0 Å². The zero-order valence-electron chi connectivity index (χ0n) is 16.8. The van der Waals surface area contributed by atoms with Crippen molar-refractivity contribution in [3.05, 3.63) is 35.9 Å². The molecule has 0 heterocycles. The molecule has 1 aromatic rings. The minimum Gasteiger partial charge on any atom is -0.0656 e. The van der Waals surface area contributed by atoms with Crippen LogP contribution in [0.15, 0.2) is 30.3 Å². The Labute approximate surface area is 136 Å². The molecule has 0 spiro atoms. The average molecular weight is 295 g/mol. The van der Waals surface area contributed by atoms with Gasteiger partial charge in [0, 0.05) is 0 Å². The summed E-state index contributed by atoms with van der Waals surface area (Å²) in [6.07, 6.45) is 2.50. The zero-order chi connectivity index (χ0) is 17.5. The summed E-state index contributed by atoms with van der Waals surface area (Å²) in [5, 5.41) is 0. The second kappa shape index (κ2) is 14.2. The third-order valence-electron chi connectivity index (χ3n) is 1.64. The molecule has 0 N–H and O–H groups in total. The molecule has 0 aromatic heterocycles. The summed E-state index contributed by atoms with van der Waals surface area (Å²) in [6.45, 7) is 23.9. The first-order chi connectivity index (χ1) is 9.43. The van der Waals surface area contributed by atoms with Gasteiger partial charge in [-0.3, -0.25) is 0 Å². The SMILES string of the molecule is CC(C)(C)C.CC(C)(C)c1ccccc1.CCC.CCC. The van der Waals surface area contributed by atoms with E-state index >= 15 is 0 Å². The van der Waals surface area contributed by atoms with E-state index < -0.39 is 0 Å². The van der Waals surface area contributed by atoms with E-state index in [1.165, 1.54) is 18.4 Å². The first kappa shape index (κ1) is 25.2. The van der Waals surface area contributed by atoms with Gasteiger partial charge in [0.25, 0.3) is 0 Å². The number of rotatable bonds is 0. The average Bonchev–Trinajstić information content (AvgIpc) is 2.29. The van der Waals surface area contributed by atoms with Crippen molar-refractivity contribution >= 4 is 0 Å². The molecule has 0 aliphatic rings. The molecule has 0 aliphatic carbocycles. The van der Waals surface area contributed by atoms with Crippen LogP contribution in [-0.2, 0) is 5.41 Å². The maximum atomic E-state index is 2.22. The lowest BCUT2D eigenvalue weighted by molar-refractivity contribution is 0.469. The van der Waals surface area contributed by atoms with Gasteiger partial charge in [-0.1, -0.05) is 119 Å². The van der Waals surface area contributed by atoms with Crippen molar-refractivity contribution < 1.29 is 0 Å². The van der Waals surface area contributed by atoms with Crippen molar-refractivity contribution in [1.29, 1.82) is 0 Å². The highest BCUT2D eigenvalue weighted by Crippen LogP contribution is 2.20. The predicted molar refractivity (Wildman–Crippen MR) is 102 cm³/mol. The Morgan fingerprint density at radius 1 is 0.619 bits per heavy atom. The highest BCUT2D eigenvalue weighted by molar-refractivity contribution is 5.21. The first-order valence-electron chi connectivity index (χ1n) is 8.49. The van der Waals surface area contributed by atoms with E-state index in [-0.39, 0.29) is 0 Å². The maximum absolute atomic E-state index is 2.22. The molecule has 0 saturated heterocycles. The van der Waals surface area contributed by atoms with Gasteiger partial charge in [-0.05, 0) is 16.4 Å². The Kier molecular flexibility index (Phi) is 17.0. The second-order valence-electron chi connectivity index (χ2n) is 8.03. The molecule has 126 valence electrons. The molecule has 0 aliphatic heterocycles. The fourth-order valence-corrected chi connectivity index (χ4v) is 0.938. The van der Waals surface area contributed by atoms with Crippen LogP contribution in [0.5, 0.6) is 0 Å². The van der Waals surface area contributed by atoms with Crippen LogP contribution in [0.4, 0.5) is 0 Å². The van der Waals surface area contributed by atoms with Crippen molar-refractivity contribution in [2.75, 3.05) is 0 Å². The minimum atomic E-state index is 0.293. The summed E-state index contributed by atoms with van der Waals surface area (Å²) in [5.41, 5.74) is 2.19. The van der Waals surface area contributed by atoms with Crippen LogP contribution in [0.2, 0.25) is 0 Å². The largest absolute Gasteiger partial charge is 0.0656 e. The van der Waals surface area contributed by atoms with E-state index in [2.05, 4.69) is 106 Å². The highest BCUT2D eigenvalue weighted by Gasteiger charge is 2.11. The molecule has 1 aromatic carbocycles. The van der Waals surface area contributed by atoms with Crippen LogP contribution < -0.4 is 0 Å². The van der Waals surface area contributed by atoms with Crippen molar-refractivity contribution in [2.24, 2.45) is 5.41 Å². The van der Waals surface area contributed by atoms with Crippen molar-refractivity contribution in [1.82, 2.24) is 0 Å². The van der Waals surface area contributed by atoms with Gasteiger partial charge < -0.3 is 0 Å². The molecule has 0 bridgehead atoms. The zero-order valence-corrected chi connectivity index (χ0v) is 16.8. The molecule has 0 heteroatoms. The molecular weight excluding hydrogens is 252 g/mol. The summed E-state index contributed by atoms with van der Waals surface area (Å²) in [5.74, 6) is 0. The van der Waals surface area contributed by atoms with E-state index in [0.717, 1.165) is 0 Å². The van der Waals surface area contributed by atoms with Crippen LogP contribution in [0, 0.1) is 5.41 Å². The molecule has 0 amide bonds. The van der Waals surface area contributed by atoms with E-state index in [9.17, 15) is 0 Å². The van der Waals surface area contributed by atoms with Gasteiger partial charge in [0.05, 0.1) is 0 Å². The fourth-order valence-electron chi connectivity index (χ4n) is 0.938. The summed E-state index contributed by atoms with van der Waals surface area (Å²) in [4.78, 5) is 0. The summed E-state index contributed by atoms with van der Waals surface area (Å²) in [7, 11) is 0. The van der Waals surface area contributed by atoms with Crippen LogP contribution in [0.3, 0.4) is 0 Å². The fraction of sp³-hybridized carbons (Fsp3) is 0.714. The molecule has 0 fully saturated rings. The smallest absolute Gasteiger partial charge is 0.0132 e. The Morgan fingerprint density at radius 2 is 0.857 bits per heavy atom. The van der Waals surface area contributed by atoms with Gasteiger partial charge in [-0.25, -0.2) is 0 Å². The number of benzene rings is 1. The van der Waals surface area contributed by atoms with E-state index in [1.807, 2.05) is 0 Å². The van der Waals surface area contributed by atoms with Gasteiger partial charge in [0.1, 0.15) is 0 Å². The van der Waals surface area contributed by atoms with Crippen LogP contribution in [-0.4, -0.2) is 0 Å². The van der Waals surface area contributed by atoms with Crippen LogP contribution in [0.1, 0.15) is 94.6 Å². The monoisotopic (exact) mass is 294 g/mol. The molecule has 21 heavy (non-hydrogen) atoms. The van der Waals surface area contributed by atoms with Crippen molar-refractivity contribution in [3.63, 3.8) is 0 Å². The molecule has 0 unspecified atom stereocenters. The second-order valence-corrected chi connectivity index (χ2v) is 8.03. The van der Waals surface area contributed by atoms with Crippen LogP contribution >= 0.6 is 0 Å². The molecule has 1 rings (SSSR count). The normalized spacial score (nSPS) is 10.0. The first-order valence-corrected chi connectivity index (χ1v) is 8.49. The van der Waals surface area contributed by atoms with E-state index in [0.29, 0.717) is 10.8 Å². The standard InChI is InChI=1S/C10H14.C5H12.2C3H8/c1-10(2,3)9-7-5-4-6-8-9;1-5(2,3)4;2*1-3-2/h4-8H,1-3H3;1-4H3;2*3H2,1-2H3. The lowest BCUT2D eigenvalue weighted by Crippen LogP contribution is -2.10. The molecule has 0 radical (unpaired) electrons. The van der Waals surface area contributed by atoms with Crippen molar-refractivity contribution in [2.45, 2.75) is 94.4 Å². The van der Waals surface area contributed by atoms with E-state index in [1.54, 1.807) is 0 Å². The van der Waals surface area contributed by atoms with Gasteiger partial charge >= 0.3 is 0 Å². The van der Waals surface area contributed by atoms with Crippen molar-refractivity contribution in [3.8, 4) is 0 Å². The third kappa shape index (κ3) is 32.6. The Hall–Kier alpha value is -0.780. The number of hydrogen-bond acceptors (Lipinski definition) is 0. The maximum Gasteiger partial charge on any atom is -0.0132 e. The quantitative estimate of drug-likeness (QED) is 0.456. The van der Waals surface area contributed by atoms with E-state index in [4.69, 9.17) is 0 Å². The molecular formula is C21H42. The van der Waals surface area contributed by atoms with Gasteiger partial charge in [0.15, 0.2) is 0 Å². The van der Waals surface area contributed by atoms with Gasteiger partial charge in [-0.2, -0.15) is 0 Å². The predicted octanol–water partition coefficient (Wildman–Crippen LogP) is 7.87. The molecule has 0 atom stereocenters. The molecule has 0 saturated carbocycles. The molecule has 0 nitrogen and oxygen atoms in total. The lowest BCUT2D eigenvalue weighted by atomic mass is 9.87. The van der Waals surface area contributed by atoms with Gasteiger partial charge in [-0.15, -0.1) is 0 Å². The van der Waals surface area contributed by atoms with Crippen LogP contribution in [0.25, 0.3) is 0 Å². The van der Waals surface area contributed by atoms with Gasteiger partial charge in [0.2, 0.25) is 0 Å². The number of hydrogen-bond donors (Lipinski definition) is 0. The summed E-state index contributed by atoms with van der Waals surface area (Å²) < 4.78 is 0. The Morgan fingerprint density at radius 3 is 1.00 bits per heavy atom. The lowest BCUT2D eigenvalue weighted by Gasteiger charge is -2.18.